The molecule has 3 aliphatic rings. The summed E-state index contributed by atoms with van der Waals surface area (Å²) in [4.78, 5) is 38.9. The summed E-state index contributed by atoms with van der Waals surface area (Å²) in [5.74, 6) is 1.32. The van der Waals surface area contributed by atoms with Gasteiger partial charge in [-0.15, -0.1) is 0 Å². The maximum atomic E-state index is 13.8. The van der Waals surface area contributed by atoms with Gasteiger partial charge in [-0.25, -0.2) is 23.1 Å². The molecule has 13 heteroatoms. The van der Waals surface area contributed by atoms with E-state index < -0.39 is 15.9 Å². The number of anilines is 2. The lowest BCUT2D eigenvalue weighted by Gasteiger charge is -2.50. The minimum absolute atomic E-state index is 0.0452. The third kappa shape index (κ3) is 7.37. The number of rotatable bonds is 8. The second-order valence-electron chi connectivity index (χ2n) is 16.2. The molecule has 8 rings (SSSR count). The van der Waals surface area contributed by atoms with Crippen LogP contribution in [0.2, 0.25) is 0 Å². The summed E-state index contributed by atoms with van der Waals surface area (Å²) < 4.78 is 29.9. The molecule has 2 atom stereocenters. The van der Waals surface area contributed by atoms with Crippen LogP contribution in [0.25, 0.3) is 21.3 Å². The number of hydrogen-bond donors (Lipinski definition) is 2. The molecule has 2 bridgehead atoms. The quantitative estimate of drug-likeness (QED) is 0.163. The molecule has 2 N–H and O–H groups in total. The molecule has 284 valence electrons. The number of pyridine rings is 1. The highest BCUT2D eigenvalue weighted by Crippen LogP contribution is 2.54. The Bertz CT molecular complexity index is 2450. The standard InChI is InChI=1S/C42H45N7O4S2/c1-25-16-28-17-26(2)20-42(19-25,21-28)24-49-27(3)33(18-30(49)22-43)31-12-13-37(45-38(31)40(51)47-55(4,52)53)48-15-14-29-8-7-9-32(34(29)23-48)39(50)46-41-44-35-10-5-6-11-36(35)54-41/h5-13,18,25-26,28H,14-17,19-21,23-24H2,1-4H3,(H,47,51)(H,44,46,50). The summed E-state index contributed by atoms with van der Waals surface area (Å²) in [6.45, 7) is 8.31. The third-order valence-electron chi connectivity index (χ3n) is 11.8. The Morgan fingerprint density at radius 3 is 2.47 bits per heavy atom. The zero-order valence-corrected chi connectivity index (χ0v) is 33.2. The Labute approximate surface area is 325 Å². The van der Waals surface area contributed by atoms with Crippen LogP contribution in [0.1, 0.15) is 89.3 Å². The van der Waals surface area contributed by atoms with Crippen LogP contribution in [0.5, 0.6) is 0 Å². The van der Waals surface area contributed by atoms with Crippen molar-refractivity contribution < 1.29 is 18.0 Å². The molecule has 1 aliphatic heterocycles. The van der Waals surface area contributed by atoms with E-state index in [9.17, 15) is 23.3 Å². The number of para-hydroxylation sites is 1. The zero-order chi connectivity index (χ0) is 38.6. The van der Waals surface area contributed by atoms with Gasteiger partial charge in [0.1, 0.15) is 23.3 Å². The van der Waals surface area contributed by atoms with Crippen LogP contribution in [0.3, 0.4) is 0 Å². The van der Waals surface area contributed by atoms with Gasteiger partial charge in [-0.1, -0.05) is 49.4 Å². The van der Waals surface area contributed by atoms with Gasteiger partial charge in [0.2, 0.25) is 10.0 Å². The summed E-state index contributed by atoms with van der Waals surface area (Å²) in [6, 6.07) is 21.3. The first-order valence-electron chi connectivity index (χ1n) is 18.9. The highest BCUT2D eigenvalue weighted by molar-refractivity contribution is 7.89. The fourth-order valence-electron chi connectivity index (χ4n) is 9.96. The van der Waals surface area contributed by atoms with E-state index in [1.807, 2.05) is 60.4 Å². The molecule has 4 heterocycles. The van der Waals surface area contributed by atoms with E-state index in [-0.39, 0.29) is 17.0 Å². The number of amides is 2. The smallest absolute Gasteiger partial charge is 0.284 e. The lowest BCUT2D eigenvalue weighted by molar-refractivity contribution is 0.00427. The minimum Gasteiger partial charge on any atom is -0.352 e. The molecular formula is C42H45N7O4S2. The number of nitrogens with one attached hydrogen (secondary N) is 2. The van der Waals surface area contributed by atoms with E-state index in [4.69, 9.17) is 4.98 Å². The minimum atomic E-state index is -3.92. The molecular weight excluding hydrogens is 731 g/mol. The van der Waals surface area contributed by atoms with E-state index in [1.165, 1.54) is 24.2 Å². The Balaban J connectivity index is 1.12. The molecule has 2 amide bonds. The van der Waals surface area contributed by atoms with E-state index >= 15 is 0 Å². The van der Waals surface area contributed by atoms with Crippen molar-refractivity contribution in [3.05, 3.63) is 94.4 Å². The number of nitrogens with zero attached hydrogens (tertiary/aromatic N) is 5. The van der Waals surface area contributed by atoms with E-state index in [2.05, 4.69) is 39.5 Å². The van der Waals surface area contributed by atoms with Gasteiger partial charge in [-0.2, -0.15) is 5.26 Å². The number of thiazole rings is 1. The van der Waals surface area contributed by atoms with Crippen LogP contribution >= 0.6 is 11.3 Å². The molecule has 2 saturated carbocycles. The highest BCUT2D eigenvalue weighted by atomic mass is 32.2. The van der Waals surface area contributed by atoms with Gasteiger partial charge in [0.05, 0.1) is 16.5 Å². The Morgan fingerprint density at radius 1 is 0.982 bits per heavy atom. The third-order valence-corrected chi connectivity index (χ3v) is 13.3. The van der Waals surface area contributed by atoms with Crippen molar-refractivity contribution >= 4 is 54.3 Å². The van der Waals surface area contributed by atoms with Crippen LogP contribution < -0.4 is 14.9 Å². The molecule has 55 heavy (non-hydrogen) atoms. The first-order chi connectivity index (χ1) is 26.3. The van der Waals surface area contributed by atoms with Crippen LogP contribution in [0.15, 0.2) is 60.7 Å². The van der Waals surface area contributed by atoms with E-state index in [0.717, 1.165) is 59.1 Å². The number of hydrogen-bond acceptors (Lipinski definition) is 9. The summed E-state index contributed by atoms with van der Waals surface area (Å²) in [5.41, 5.74) is 5.78. The van der Waals surface area contributed by atoms with Crippen molar-refractivity contribution in [2.75, 3.05) is 23.0 Å². The number of benzene rings is 2. The predicted molar refractivity (Wildman–Crippen MR) is 216 cm³/mol. The van der Waals surface area contributed by atoms with Crippen molar-refractivity contribution in [2.24, 2.45) is 23.2 Å². The number of aromatic nitrogens is 3. The first-order valence-corrected chi connectivity index (χ1v) is 21.7. The number of sulfonamides is 1. The van der Waals surface area contributed by atoms with Gasteiger partial charge in [0, 0.05) is 42.0 Å². The van der Waals surface area contributed by atoms with Crippen molar-refractivity contribution in [1.82, 2.24) is 19.3 Å². The van der Waals surface area contributed by atoms with Crippen molar-refractivity contribution in [3.8, 4) is 17.2 Å². The number of carbonyl (C=O) groups excluding carboxylic acids is 2. The van der Waals surface area contributed by atoms with Gasteiger partial charge >= 0.3 is 0 Å². The fraction of sp³-hybridized carbons (Fsp3) is 0.405. The summed E-state index contributed by atoms with van der Waals surface area (Å²) in [7, 11) is -3.92. The monoisotopic (exact) mass is 775 g/mol. The van der Waals surface area contributed by atoms with Crippen molar-refractivity contribution in [2.45, 2.75) is 72.4 Å². The molecule has 11 nitrogen and oxygen atoms in total. The normalized spacial score (nSPS) is 22.2. The summed E-state index contributed by atoms with van der Waals surface area (Å²) >= 11 is 1.42. The first kappa shape index (κ1) is 36.9. The van der Waals surface area contributed by atoms with Gasteiger partial charge < -0.3 is 9.47 Å². The SMILES string of the molecule is Cc1c(-c2ccc(N3CCc4cccc(C(=O)Nc5nc6ccccc6s5)c4C3)nc2C(=O)NS(C)(=O)=O)cc(C#N)n1CC12CC(C)CC(CC(C)C1)C2. The topological polar surface area (TPSA) is 150 Å². The molecule has 2 fully saturated rings. The molecule has 3 aromatic heterocycles. The second kappa shape index (κ2) is 14.2. The largest absolute Gasteiger partial charge is 0.352 e. The van der Waals surface area contributed by atoms with Gasteiger partial charge in [0.15, 0.2) is 5.13 Å². The summed E-state index contributed by atoms with van der Waals surface area (Å²) in [5, 5.41) is 13.9. The van der Waals surface area contributed by atoms with Crippen LogP contribution in [0, 0.1) is 41.4 Å². The molecule has 2 aliphatic carbocycles. The van der Waals surface area contributed by atoms with Crippen LogP contribution in [-0.2, 0) is 29.5 Å². The van der Waals surface area contributed by atoms with E-state index in [1.54, 1.807) is 12.1 Å². The molecule has 0 saturated heterocycles. The number of carbonyl (C=O) groups is 2. The van der Waals surface area contributed by atoms with Crippen molar-refractivity contribution in [1.29, 1.82) is 5.26 Å². The number of nitriles is 1. The fourth-order valence-corrected chi connectivity index (χ4v) is 11.3. The maximum Gasteiger partial charge on any atom is 0.284 e. The molecule has 2 aromatic carbocycles. The van der Waals surface area contributed by atoms with Crippen LogP contribution in [0.4, 0.5) is 10.9 Å². The summed E-state index contributed by atoms with van der Waals surface area (Å²) in [6.07, 6.45) is 7.48. The average Bonchev–Trinajstić information content (AvgIpc) is 3.68. The van der Waals surface area contributed by atoms with Gasteiger partial charge in [-0.05, 0) is 116 Å². The lowest BCUT2D eigenvalue weighted by Crippen LogP contribution is -2.42. The number of fused-ring (bicyclic) bond motifs is 4. The van der Waals surface area contributed by atoms with Gasteiger partial charge in [0.25, 0.3) is 11.8 Å². The second-order valence-corrected chi connectivity index (χ2v) is 19.0. The van der Waals surface area contributed by atoms with Crippen molar-refractivity contribution in [3.63, 3.8) is 0 Å². The lowest BCUT2D eigenvalue weighted by atomic mass is 9.56. The predicted octanol–water partition coefficient (Wildman–Crippen LogP) is 7.70. The molecule has 2 unspecified atom stereocenters. The Kier molecular flexibility index (Phi) is 9.54. The van der Waals surface area contributed by atoms with E-state index in [0.29, 0.717) is 70.6 Å². The van der Waals surface area contributed by atoms with Gasteiger partial charge in [-0.3, -0.25) is 14.9 Å². The maximum absolute atomic E-state index is 13.8. The highest BCUT2D eigenvalue weighted by Gasteiger charge is 2.45. The van der Waals surface area contributed by atoms with Crippen LogP contribution in [-0.4, -0.2) is 47.6 Å². The Hall–Kier alpha value is -5.06. The average molecular weight is 776 g/mol. The molecule has 0 spiro atoms. The molecule has 5 aromatic rings. The Morgan fingerprint density at radius 2 is 1.75 bits per heavy atom. The zero-order valence-electron chi connectivity index (χ0n) is 31.6. The molecule has 0 radical (unpaired) electrons.